The monoisotopic (exact) mass is 393 g/mol. The van der Waals surface area contributed by atoms with E-state index in [1.807, 2.05) is 32.0 Å². The third-order valence-electron chi connectivity index (χ3n) is 4.89. The molecule has 0 saturated heterocycles. The second-order valence-electron chi connectivity index (χ2n) is 6.85. The molecule has 1 fully saturated rings. The van der Waals surface area contributed by atoms with Crippen molar-refractivity contribution in [1.29, 1.82) is 0 Å². The number of benzene rings is 1. The first kappa shape index (κ1) is 21.7. The average Bonchev–Trinajstić information content (AvgIpc) is 2.69. The Morgan fingerprint density at radius 2 is 2.07 bits per heavy atom. The highest BCUT2D eigenvalue weighted by molar-refractivity contribution is 7.85. The third kappa shape index (κ3) is 7.17. The summed E-state index contributed by atoms with van der Waals surface area (Å²) in [5.41, 5.74) is 1.19. The Kier molecular flexibility index (Phi) is 9.67. The summed E-state index contributed by atoms with van der Waals surface area (Å²) in [4.78, 5) is 4.76. The molecule has 3 unspecified atom stereocenters. The molecule has 0 radical (unpaired) electrons. The van der Waals surface area contributed by atoms with Crippen LogP contribution in [-0.2, 0) is 17.2 Å². The van der Waals surface area contributed by atoms with E-state index in [9.17, 15) is 4.21 Å². The van der Waals surface area contributed by atoms with Gasteiger partial charge >= 0.3 is 0 Å². The van der Waals surface area contributed by atoms with Crippen molar-refractivity contribution in [1.82, 2.24) is 10.6 Å². The molecule has 0 bridgehead atoms. The van der Waals surface area contributed by atoms with Crippen molar-refractivity contribution < 1.29 is 8.95 Å². The molecule has 5 nitrogen and oxygen atoms in total. The van der Waals surface area contributed by atoms with Gasteiger partial charge in [-0.2, -0.15) is 0 Å². The molecule has 1 aliphatic carbocycles. The third-order valence-corrected chi connectivity index (χ3v) is 6.63. The van der Waals surface area contributed by atoms with Crippen LogP contribution in [0.4, 0.5) is 0 Å². The zero-order valence-electron chi connectivity index (χ0n) is 17.0. The standard InChI is InChI=1S/C21H35N3O2S/c1-4-22-21(24-18-11-9-12-19(16-18)27(25)6-3)23-15-14-17-10-7-8-13-20(17)26-5-2/h7-8,10,13,18-19H,4-6,9,11-12,14-16H2,1-3H3,(H2,22,23,24). The van der Waals surface area contributed by atoms with Gasteiger partial charge in [0.05, 0.1) is 6.61 Å². The second-order valence-corrected chi connectivity index (χ2v) is 8.86. The average molecular weight is 394 g/mol. The van der Waals surface area contributed by atoms with E-state index in [4.69, 9.17) is 9.73 Å². The maximum absolute atomic E-state index is 12.2. The summed E-state index contributed by atoms with van der Waals surface area (Å²) in [6, 6.07) is 8.52. The molecule has 1 aliphatic rings. The molecule has 3 atom stereocenters. The van der Waals surface area contributed by atoms with Crippen molar-refractivity contribution in [2.24, 2.45) is 4.99 Å². The number of hydrogen-bond donors (Lipinski definition) is 2. The van der Waals surface area contributed by atoms with Crippen molar-refractivity contribution in [3.8, 4) is 5.75 Å². The number of nitrogens with one attached hydrogen (secondary N) is 2. The fourth-order valence-corrected chi connectivity index (χ4v) is 4.91. The highest BCUT2D eigenvalue weighted by Crippen LogP contribution is 2.23. The Morgan fingerprint density at radius 3 is 2.81 bits per heavy atom. The molecule has 27 heavy (non-hydrogen) atoms. The van der Waals surface area contributed by atoms with Gasteiger partial charge in [0.25, 0.3) is 0 Å². The molecule has 2 rings (SSSR count). The molecule has 0 aliphatic heterocycles. The molecule has 0 amide bonds. The first-order valence-corrected chi connectivity index (χ1v) is 11.7. The summed E-state index contributed by atoms with van der Waals surface area (Å²) >= 11 is 0. The molecule has 1 aromatic carbocycles. The summed E-state index contributed by atoms with van der Waals surface area (Å²) < 4.78 is 17.9. The number of aliphatic imine (C=N–C) groups is 1. The molecular weight excluding hydrogens is 358 g/mol. The Labute approximate surface area is 166 Å². The van der Waals surface area contributed by atoms with E-state index in [2.05, 4.69) is 23.6 Å². The molecule has 0 aromatic heterocycles. The van der Waals surface area contributed by atoms with Gasteiger partial charge in [-0.3, -0.25) is 9.20 Å². The summed E-state index contributed by atoms with van der Waals surface area (Å²) in [6.45, 7) is 8.31. The van der Waals surface area contributed by atoms with Crippen LogP contribution in [0, 0.1) is 0 Å². The Balaban J connectivity index is 1.93. The number of guanidine groups is 1. The SMILES string of the molecule is CCNC(=NCCc1ccccc1OCC)NC1CCCC(S(=O)CC)C1. The summed E-state index contributed by atoms with van der Waals surface area (Å²) in [5.74, 6) is 2.56. The molecular formula is C21H35N3O2S. The maximum atomic E-state index is 12.2. The second kappa shape index (κ2) is 12.0. The minimum Gasteiger partial charge on any atom is -0.494 e. The number of nitrogens with zero attached hydrogens (tertiary/aromatic N) is 1. The quantitative estimate of drug-likeness (QED) is 0.499. The van der Waals surface area contributed by atoms with E-state index in [-0.39, 0.29) is 0 Å². The highest BCUT2D eigenvalue weighted by Gasteiger charge is 2.26. The normalized spacial score (nSPS) is 21.5. The van der Waals surface area contributed by atoms with Crippen molar-refractivity contribution in [3.63, 3.8) is 0 Å². The number of para-hydroxylation sites is 1. The van der Waals surface area contributed by atoms with Crippen LogP contribution in [0.15, 0.2) is 29.3 Å². The Morgan fingerprint density at radius 1 is 1.26 bits per heavy atom. The van der Waals surface area contributed by atoms with E-state index in [0.29, 0.717) is 24.4 Å². The fourth-order valence-electron chi connectivity index (χ4n) is 3.56. The minimum absolute atomic E-state index is 0.321. The van der Waals surface area contributed by atoms with Gasteiger partial charge in [-0.15, -0.1) is 0 Å². The van der Waals surface area contributed by atoms with Gasteiger partial charge < -0.3 is 15.4 Å². The topological polar surface area (TPSA) is 62.7 Å². The fraction of sp³-hybridized carbons (Fsp3) is 0.667. The van der Waals surface area contributed by atoms with Crippen molar-refractivity contribution in [2.45, 2.75) is 64.2 Å². The van der Waals surface area contributed by atoms with Crippen LogP contribution in [0.1, 0.15) is 52.0 Å². The van der Waals surface area contributed by atoms with Crippen LogP contribution < -0.4 is 15.4 Å². The van der Waals surface area contributed by atoms with Crippen molar-refractivity contribution in [3.05, 3.63) is 29.8 Å². The zero-order chi connectivity index (χ0) is 19.5. The van der Waals surface area contributed by atoms with Crippen LogP contribution in [0.2, 0.25) is 0 Å². The molecule has 1 saturated carbocycles. The van der Waals surface area contributed by atoms with E-state index in [1.54, 1.807) is 0 Å². The predicted octanol–water partition coefficient (Wildman–Crippen LogP) is 3.26. The van der Waals surface area contributed by atoms with Gasteiger partial charge in [0.15, 0.2) is 5.96 Å². The highest BCUT2D eigenvalue weighted by atomic mass is 32.2. The summed E-state index contributed by atoms with van der Waals surface area (Å²) in [6.07, 6.45) is 5.16. The van der Waals surface area contributed by atoms with E-state index in [1.165, 1.54) is 5.56 Å². The lowest BCUT2D eigenvalue weighted by Gasteiger charge is -2.30. The Hall–Kier alpha value is -1.56. The van der Waals surface area contributed by atoms with E-state index in [0.717, 1.165) is 56.1 Å². The predicted molar refractivity (Wildman–Crippen MR) is 115 cm³/mol. The van der Waals surface area contributed by atoms with Crippen LogP contribution in [0.3, 0.4) is 0 Å². The van der Waals surface area contributed by atoms with Gasteiger partial charge in [0.2, 0.25) is 0 Å². The van der Waals surface area contributed by atoms with Crippen LogP contribution in [0.5, 0.6) is 5.75 Å². The minimum atomic E-state index is -0.702. The molecule has 0 heterocycles. The lowest BCUT2D eigenvalue weighted by Crippen LogP contribution is -2.46. The summed E-state index contributed by atoms with van der Waals surface area (Å²) in [5, 5.41) is 7.23. The first-order valence-electron chi connectivity index (χ1n) is 10.3. The van der Waals surface area contributed by atoms with Crippen molar-refractivity contribution >= 4 is 16.8 Å². The first-order chi connectivity index (χ1) is 13.2. The number of ether oxygens (including phenoxy) is 1. The van der Waals surface area contributed by atoms with Crippen LogP contribution >= 0.6 is 0 Å². The molecule has 152 valence electrons. The van der Waals surface area contributed by atoms with Gasteiger partial charge in [-0.1, -0.05) is 31.5 Å². The summed E-state index contributed by atoms with van der Waals surface area (Å²) in [7, 11) is -0.702. The number of rotatable bonds is 9. The molecule has 6 heteroatoms. The zero-order valence-corrected chi connectivity index (χ0v) is 17.8. The maximum Gasteiger partial charge on any atom is 0.191 e. The number of hydrogen-bond acceptors (Lipinski definition) is 3. The van der Waals surface area contributed by atoms with Gasteiger partial charge in [0, 0.05) is 40.9 Å². The molecule has 1 aromatic rings. The molecule has 0 spiro atoms. The molecule has 2 N–H and O–H groups in total. The van der Waals surface area contributed by atoms with E-state index >= 15 is 0 Å². The largest absolute Gasteiger partial charge is 0.494 e. The smallest absolute Gasteiger partial charge is 0.191 e. The van der Waals surface area contributed by atoms with Crippen LogP contribution in [-0.4, -0.2) is 46.9 Å². The van der Waals surface area contributed by atoms with E-state index < -0.39 is 10.8 Å². The van der Waals surface area contributed by atoms with Gasteiger partial charge in [0.1, 0.15) is 5.75 Å². The lowest BCUT2D eigenvalue weighted by molar-refractivity contribution is 0.336. The Bertz CT molecular complexity index is 621. The van der Waals surface area contributed by atoms with Gasteiger partial charge in [-0.05, 0) is 51.2 Å². The van der Waals surface area contributed by atoms with Crippen molar-refractivity contribution in [2.75, 3.05) is 25.4 Å². The van der Waals surface area contributed by atoms with Crippen LogP contribution in [0.25, 0.3) is 0 Å². The van der Waals surface area contributed by atoms with Gasteiger partial charge in [-0.25, -0.2) is 0 Å². The lowest BCUT2D eigenvalue weighted by atomic mass is 9.95.